The lowest BCUT2D eigenvalue weighted by Crippen LogP contribution is -2.10. The van der Waals surface area contributed by atoms with E-state index in [-0.39, 0.29) is 12.3 Å². The molecular formula is C12H17NO2S. The molecule has 1 fully saturated rings. The number of nitrogens with zero attached hydrogens (tertiary/aromatic N) is 1. The highest BCUT2D eigenvalue weighted by Crippen LogP contribution is 2.36. The predicted octanol–water partition coefficient (Wildman–Crippen LogP) is 3.06. The average molecular weight is 239 g/mol. The molecule has 0 amide bonds. The first-order valence-corrected chi connectivity index (χ1v) is 6.69. The standard InChI is InChI=1S/C12H17NO2S/c1-8(6-12(14)15)5-11-13-10(7-16-11)9-3-2-4-9/h7-9H,2-6H2,1H3,(H,14,15). The highest BCUT2D eigenvalue weighted by atomic mass is 32.1. The van der Waals surface area contributed by atoms with Crippen LogP contribution in [0, 0.1) is 5.92 Å². The Balaban J connectivity index is 1.89. The van der Waals surface area contributed by atoms with Crippen LogP contribution < -0.4 is 0 Å². The van der Waals surface area contributed by atoms with E-state index in [0.717, 1.165) is 11.4 Å². The third kappa shape index (κ3) is 2.82. The van der Waals surface area contributed by atoms with Crippen LogP contribution in [0.25, 0.3) is 0 Å². The molecule has 0 radical (unpaired) electrons. The van der Waals surface area contributed by atoms with Crippen LogP contribution in [0.1, 0.15) is 49.2 Å². The fourth-order valence-electron chi connectivity index (χ4n) is 1.98. The summed E-state index contributed by atoms with van der Waals surface area (Å²) in [6.45, 7) is 1.97. The van der Waals surface area contributed by atoms with Crippen LogP contribution in [-0.4, -0.2) is 16.1 Å². The largest absolute Gasteiger partial charge is 0.481 e. The van der Waals surface area contributed by atoms with Gasteiger partial charge in [-0.3, -0.25) is 4.79 Å². The Kier molecular flexibility index (Phi) is 3.59. The topological polar surface area (TPSA) is 50.2 Å². The van der Waals surface area contributed by atoms with Crippen LogP contribution in [0.4, 0.5) is 0 Å². The molecule has 1 unspecified atom stereocenters. The van der Waals surface area contributed by atoms with Crippen molar-refractivity contribution in [2.75, 3.05) is 0 Å². The maximum atomic E-state index is 10.6. The number of hydrogen-bond acceptors (Lipinski definition) is 3. The van der Waals surface area contributed by atoms with E-state index in [1.165, 1.54) is 25.0 Å². The first-order chi connectivity index (χ1) is 7.65. The van der Waals surface area contributed by atoms with Gasteiger partial charge in [0.25, 0.3) is 0 Å². The number of aliphatic carboxylic acids is 1. The Morgan fingerprint density at radius 2 is 2.44 bits per heavy atom. The third-order valence-electron chi connectivity index (χ3n) is 3.14. The summed E-state index contributed by atoms with van der Waals surface area (Å²) in [6.07, 6.45) is 4.90. The van der Waals surface area contributed by atoms with E-state index in [0.29, 0.717) is 5.92 Å². The first kappa shape index (κ1) is 11.6. The van der Waals surface area contributed by atoms with Crippen LogP contribution in [0.5, 0.6) is 0 Å². The lowest BCUT2D eigenvalue weighted by atomic mass is 9.83. The molecule has 1 atom stereocenters. The van der Waals surface area contributed by atoms with Crippen molar-refractivity contribution in [2.45, 2.75) is 44.9 Å². The molecule has 0 aliphatic heterocycles. The van der Waals surface area contributed by atoms with E-state index < -0.39 is 5.97 Å². The third-order valence-corrected chi connectivity index (χ3v) is 4.03. The zero-order valence-corrected chi connectivity index (χ0v) is 10.3. The van der Waals surface area contributed by atoms with Crippen molar-refractivity contribution in [3.63, 3.8) is 0 Å². The minimum Gasteiger partial charge on any atom is -0.481 e. The van der Waals surface area contributed by atoms with Crippen molar-refractivity contribution < 1.29 is 9.90 Å². The van der Waals surface area contributed by atoms with E-state index >= 15 is 0 Å². The molecule has 1 heterocycles. The van der Waals surface area contributed by atoms with Crippen LogP contribution >= 0.6 is 11.3 Å². The summed E-state index contributed by atoms with van der Waals surface area (Å²) >= 11 is 1.68. The Morgan fingerprint density at radius 3 is 3.00 bits per heavy atom. The van der Waals surface area contributed by atoms with Gasteiger partial charge in [-0.25, -0.2) is 4.98 Å². The molecule has 1 saturated carbocycles. The van der Waals surface area contributed by atoms with Crippen molar-refractivity contribution in [2.24, 2.45) is 5.92 Å². The maximum absolute atomic E-state index is 10.6. The van der Waals surface area contributed by atoms with Crippen molar-refractivity contribution >= 4 is 17.3 Å². The van der Waals surface area contributed by atoms with E-state index in [2.05, 4.69) is 10.4 Å². The van der Waals surface area contributed by atoms with Gasteiger partial charge in [0.05, 0.1) is 10.7 Å². The number of hydrogen-bond donors (Lipinski definition) is 1. The molecule has 2 rings (SSSR count). The Labute approximate surface area is 99.5 Å². The Hall–Kier alpha value is -0.900. The summed E-state index contributed by atoms with van der Waals surface area (Å²) in [5.74, 6) is 0.140. The zero-order valence-electron chi connectivity index (χ0n) is 9.48. The van der Waals surface area contributed by atoms with E-state index in [1.807, 2.05) is 6.92 Å². The molecule has 88 valence electrons. The molecular weight excluding hydrogens is 222 g/mol. The quantitative estimate of drug-likeness (QED) is 0.859. The minimum absolute atomic E-state index is 0.179. The molecule has 1 aliphatic rings. The fraction of sp³-hybridized carbons (Fsp3) is 0.667. The minimum atomic E-state index is -0.719. The summed E-state index contributed by atoms with van der Waals surface area (Å²) in [6, 6.07) is 0. The van der Waals surface area contributed by atoms with E-state index in [4.69, 9.17) is 5.11 Å². The molecule has 0 aromatic carbocycles. The van der Waals surface area contributed by atoms with Crippen LogP contribution in [0.3, 0.4) is 0 Å². The zero-order chi connectivity index (χ0) is 11.5. The highest BCUT2D eigenvalue weighted by molar-refractivity contribution is 7.09. The summed E-state index contributed by atoms with van der Waals surface area (Å²) in [5, 5.41) is 11.9. The van der Waals surface area contributed by atoms with Crippen LogP contribution in [0.2, 0.25) is 0 Å². The summed E-state index contributed by atoms with van der Waals surface area (Å²) in [7, 11) is 0. The van der Waals surface area contributed by atoms with E-state index in [1.54, 1.807) is 11.3 Å². The molecule has 1 N–H and O–H groups in total. The number of carboxylic acids is 1. The number of carboxylic acid groups (broad SMARTS) is 1. The number of rotatable bonds is 5. The van der Waals surface area contributed by atoms with Gasteiger partial charge < -0.3 is 5.11 Å². The average Bonchev–Trinajstić information content (AvgIpc) is 2.47. The lowest BCUT2D eigenvalue weighted by molar-refractivity contribution is -0.137. The molecule has 1 aromatic rings. The van der Waals surface area contributed by atoms with Gasteiger partial charge in [-0.15, -0.1) is 11.3 Å². The monoisotopic (exact) mass is 239 g/mol. The van der Waals surface area contributed by atoms with Gasteiger partial charge in [0.1, 0.15) is 0 Å². The molecule has 3 nitrogen and oxygen atoms in total. The first-order valence-electron chi connectivity index (χ1n) is 5.81. The molecule has 1 aromatic heterocycles. The van der Waals surface area contributed by atoms with Gasteiger partial charge in [0.15, 0.2) is 0 Å². The molecule has 0 saturated heterocycles. The lowest BCUT2D eigenvalue weighted by Gasteiger charge is -2.23. The molecule has 16 heavy (non-hydrogen) atoms. The Bertz CT molecular complexity index is 371. The fourth-order valence-corrected chi connectivity index (χ4v) is 3.02. The second kappa shape index (κ2) is 4.95. The molecule has 0 bridgehead atoms. The molecule has 1 aliphatic carbocycles. The number of aromatic nitrogens is 1. The Morgan fingerprint density at radius 1 is 1.69 bits per heavy atom. The second-order valence-electron chi connectivity index (χ2n) is 4.70. The highest BCUT2D eigenvalue weighted by Gasteiger charge is 2.22. The maximum Gasteiger partial charge on any atom is 0.303 e. The van der Waals surface area contributed by atoms with Crippen molar-refractivity contribution in [3.8, 4) is 0 Å². The predicted molar refractivity (Wildman–Crippen MR) is 63.8 cm³/mol. The van der Waals surface area contributed by atoms with E-state index in [9.17, 15) is 4.79 Å². The van der Waals surface area contributed by atoms with Crippen LogP contribution in [0.15, 0.2) is 5.38 Å². The van der Waals surface area contributed by atoms with Crippen LogP contribution in [-0.2, 0) is 11.2 Å². The second-order valence-corrected chi connectivity index (χ2v) is 5.64. The summed E-state index contributed by atoms with van der Waals surface area (Å²) < 4.78 is 0. The van der Waals surface area contributed by atoms with Gasteiger partial charge >= 0.3 is 5.97 Å². The van der Waals surface area contributed by atoms with Gasteiger partial charge in [-0.1, -0.05) is 13.3 Å². The molecule has 0 spiro atoms. The SMILES string of the molecule is CC(CC(=O)O)Cc1nc(C2CCC2)cs1. The van der Waals surface area contributed by atoms with Gasteiger partial charge in [-0.2, -0.15) is 0 Å². The van der Waals surface area contributed by atoms with Crippen molar-refractivity contribution in [1.29, 1.82) is 0 Å². The van der Waals surface area contributed by atoms with Crippen molar-refractivity contribution in [3.05, 3.63) is 16.1 Å². The van der Waals surface area contributed by atoms with Gasteiger partial charge in [0, 0.05) is 24.1 Å². The van der Waals surface area contributed by atoms with Crippen molar-refractivity contribution in [1.82, 2.24) is 4.98 Å². The summed E-state index contributed by atoms with van der Waals surface area (Å²) in [4.78, 5) is 15.2. The smallest absolute Gasteiger partial charge is 0.303 e. The molecule has 4 heteroatoms. The van der Waals surface area contributed by atoms with Gasteiger partial charge in [-0.05, 0) is 18.8 Å². The number of thiazole rings is 1. The normalized spacial score (nSPS) is 18.1. The number of carbonyl (C=O) groups is 1. The summed E-state index contributed by atoms with van der Waals surface area (Å²) in [5.41, 5.74) is 1.23. The van der Waals surface area contributed by atoms with Gasteiger partial charge in [0.2, 0.25) is 0 Å².